The predicted molar refractivity (Wildman–Crippen MR) is 69.2 cm³/mol. The largest absolute Gasteiger partial charge is 0.392 e. The molecule has 0 amide bonds. The average molecular weight is 255 g/mol. The lowest BCUT2D eigenvalue weighted by molar-refractivity contribution is -0.385. The molecule has 1 aromatic carbocycles. The molecule has 17 heavy (non-hydrogen) atoms. The molecule has 0 aromatic heterocycles. The van der Waals surface area contributed by atoms with Crippen LogP contribution in [0.3, 0.4) is 0 Å². The minimum atomic E-state index is -0.442. The Kier molecular flexibility index (Phi) is 5.44. The van der Waals surface area contributed by atoms with Crippen LogP contribution in [-0.4, -0.2) is 15.8 Å². The minimum absolute atomic E-state index is 0.0296. The van der Waals surface area contributed by atoms with Gasteiger partial charge in [-0.1, -0.05) is 20.3 Å². The Morgan fingerprint density at radius 2 is 2.24 bits per heavy atom. The summed E-state index contributed by atoms with van der Waals surface area (Å²) in [5.74, 6) is 1.56. The number of hydrogen-bond acceptors (Lipinski definition) is 4. The highest BCUT2D eigenvalue weighted by atomic mass is 32.2. The lowest BCUT2D eigenvalue weighted by Crippen LogP contribution is -1.98. The smallest absolute Gasteiger partial charge is 0.269 e. The van der Waals surface area contributed by atoms with Gasteiger partial charge in [-0.3, -0.25) is 10.1 Å². The van der Waals surface area contributed by atoms with E-state index in [1.165, 1.54) is 12.1 Å². The van der Waals surface area contributed by atoms with Crippen molar-refractivity contribution in [1.29, 1.82) is 0 Å². The van der Waals surface area contributed by atoms with Crippen LogP contribution in [0.5, 0.6) is 0 Å². The number of nitro benzene ring substituents is 1. The molecular weight excluding hydrogens is 238 g/mol. The summed E-state index contributed by atoms with van der Waals surface area (Å²) in [6, 6.07) is 4.65. The van der Waals surface area contributed by atoms with Crippen molar-refractivity contribution >= 4 is 17.4 Å². The molecule has 0 saturated heterocycles. The molecular formula is C12H17NO3S. The zero-order valence-corrected chi connectivity index (χ0v) is 10.9. The van der Waals surface area contributed by atoms with Crippen LogP contribution in [0.4, 0.5) is 5.69 Å². The van der Waals surface area contributed by atoms with Crippen molar-refractivity contribution in [3.8, 4) is 0 Å². The number of nitro groups is 1. The van der Waals surface area contributed by atoms with Gasteiger partial charge in [0.25, 0.3) is 5.69 Å². The van der Waals surface area contributed by atoms with Crippen molar-refractivity contribution in [2.45, 2.75) is 31.8 Å². The van der Waals surface area contributed by atoms with E-state index in [4.69, 9.17) is 0 Å². The molecule has 5 heteroatoms. The summed E-state index contributed by atoms with van der Waals surface area (Å²) in [6.45, 7) is 4.13. The number of non-ortho nitro benzene ring substituents is 1. The summed E-state index contributed by atoms with van der Waals surface area (Å²) in [6.07, 6.45) is 1.11. The molecule has 0 heterocycles. The number of nitrogens with zero attached hydrogens (tertiary/aromatic N) is 1. The highest BCUT2D eigenvalue weighted by Crippen LogP contribution is 2.28. The molecule has 0 bridgehead atoms. The van der Waals surface area contributed by atoms with Crippen LogP contribution in [-0.2, 0) is 6.61 Å². The first kappa shape index (κ1) is 14.0. The van der Waals surface area contributed by atoms with E-state index >= 15 is 0 Å². The molecule has 0 spiro atoms. The lowest BCUT2D eigenvalue weighted by Gasteiger charge is -2.10. The maximum atomic E-state index is 10.6. The second-order valence-corrected chi connectivity index (χ2v) is 5.09. The number of benzene rings is 1. The van der Waals surface area contributed by atoms with E-state index in [0.29, 0.717) is 11.5 Å². The summed E-state index contributed by atoms with van der Waals surface area (Å²) in [5.41, 5.74) is 0.662. The van der Waals surface area contributed by atoms with Gasteiger partial charge in [0.05, 0.1) is 11.5 Å². The van der Waals surface area contributed by atoms with Crippen LogP contribution in [0.25, 0.3) is 0 Å². The maximum absolute atomic E-state index is 10.6. The van der Waals surface area contributed by atoms with Crippen molar-refractivity contribution < 1.29 is 10.0 Å². The second kappa shape index (κ2) is 6.61. The number of thioether (sulfide) groups is 1. The molecule has 0 aliphatic rings. The summed E-state index contributed by atoms with van der Waals surface area (Å²) in [5, 5.41) is 19.8. The van der Waals surface area contributed by atoms with Gasteiger partial charge < -0.3 is 5.11 Å². The third-order valence-electron chi connectivity index (χ3n) is 2.65. The Bertz CT molecular complexity index is 395. The SMILES string of the molecule is CCC(C)CSc1ccc([N+](=O)[O-])cc1CO. The van der Waals surface area contributed by atoms with Crippen molar-refractivity contribution in [3.05, 3.63) is 33.9 Å². The van der Waals surface area contributed by atoms with Gasteiger partial charge in [-0.25, -0.2) is 0 Å². The van der Waals surface area contributed by atoms with Gasteiger partial charge in [0.15, 0.2) is 0 Å². The topological polar surface area (TPSA) is 63.4 Å². The standard InChI is InChI=1S/C12H17NO3S/c1-3-9(2)8-17-12-5-4-11(13(15)16)6-10(12)7-14/h4-6,9,14H,3,7-8H2,1-2H3. The second-order valence-electron chi connectivity index (χ2n) is 4.03. The molecule has 1 aromatic rings. The van der Waals surface area contributed by atoms with E-state index in [2.05, 4.69) is 13.8 Å². The Morgan fingerprint density at radius 1 is 1.53 bits per heavy atom. The summed E-state index contributed by atoms with van der Waals surface area (Å²) >= 11 is 1.64. The number of hydrogen-bond donors (Lipinski definition) is 1. The summed E-state index contributed by atoms with van der Waals surface area (Å²) in [4.78, 5) is 11.1. The van der Waals surface area contributed by atoms with Crippen molar-refractivity contribution in [1.82, 2.24) is 0 Å². The molecule has 0 fully saturated rings. The zero-order chi connectivity index (χ0) is 12.8. The van der Waals surface area contributed by atoms with Crippen LogP contribution < -0.4 is 0 Å². The highest BCUT2D eigenvalue weighted by Gasteiger charge is 2.11. The molecule has 1 N–H and O–H groups in total. The summed E-state index contributed by atoms with van der Waals surface area (Å²) < 4.78 is 0. The fourth-order valence-electron chi connectivity index (χ4n) is 1.29. The van der Waals surface area contributed by atoms with E-state index in [-0.39, 0.29) is 12.3 Å². The Hall–Kier alpha value is -1.07. The van der Waals surface area contributed by atoms with Gasteiger partial charge in [-0.05, 0) is 17.5 Å². The van der Waals surface area contributed by atoms with E-state index < -0.39 is 4.92 Å². The Balaban J connectivity index is 2.82. The van der Waals surface area contributed by atoms with Gasteiger partial charge in [-0.2, -0.15) is 0 Å². The van der Waals surface area contributed by atoms with Crippen LogP contribution in [0.2, 0.25) is 0 Å². The van der Waals surface area contributed by atoms with Crippen LogP contribution in [0.1, 0.15) is 25.8 Å². The summed E-state index contributed by atoms with van der Waals surface area (Å²) in [7, 11) is 0. The van der Waals surface area contributed by atoms with E-state index in [0.717, 1.165) is 17.1 Å². The number of aliphatic hydroxyl groups is 1. The number of aliphatic hydroxyl groups excluding tert-OH is 1. The van der Waals surface area contributed by atoms with Crippen molar-refractivity contribution in [3.63, 3.8) is 0 Å². The van der Waals surface area contributed by atoms with Crippen LogP contribution in [0.15, 0.2) is 23.1 Å². The Labute approximate surface area is 105 Å². The molecule has 1 unspecified atom stereocenters. The normalized spacial score (nSPS) is 12.4. The molecule has 0 aliphatic carbocycles. The van der Waals surface area contributed by atoms with Crippen molar-refractivity contribution in [2.75, 3.05) is 5.75 Å². The third-order valence-corrected chi connectivity index (χ3v) is 4.09. The van der Waals surface area contributed by atoms with Crippen LogP contribution >= 0.6 is 11.8 Å². The first-order valence-electron chi connectivity index (χ1n) is 5.59. The monoisotopic (exact) mass is 255 g/mol. The third kappa shape index (κ3) is 4.02. The first-order valence-corrected chi connectivity index (χ1v) is 6.58. The quantitative estimate of drug-likeness (QED) is 0.481. The molecule has 4 nitrogen and oxygen atoms in total. The highest BCUT2D eigenvalue weighted by molar-refractivity contribution is 7.99. The Morgan fingerprint density at radius 3 is 2.76 bits per heavy atom. The number of rotatable bonds is 6. The van der Waals surface area contributed by atoms with Gasteiger partial charge in [0, 0.05) is 22.8 Å². The first-order chi connectivity index (χ1) is 8.08. The van der Waals surface area contributed by atoms with E-state index in [1.54, 1.807) is 17.8 Å². The fraction of sp³-hybridized carbons (Fsp3) is 0.500. The van der Waals surface area contributed by atoms with E-state index in [1.807, 2.05) is 0 Å². The molecule has 1 atom stereocenters. The van der Waals surface area contributed by atoms with E-state index in [9.17, 15) is 15.2 Å². The molecule has 94 valence electrons. The van der Waals surface area contributed by atoms with Gasteiger partial charge in [-0.15, -0.1) is 11.8 Å². The van der Waals surface area contributed by atoms with Crippen molar-refractivity contribution in [2.24, 2.45) is 5.92 Å². The van der Waals surface area contributed by atoms with Gasteiger partial charge in [0.2, 0.25) is 0 Å². The predicted octanol–water partition coefficient (Wildman–Crippen LogP) is 3.23. The van der Waals surface area contributed by atoms with Crippen LogP contribution in [0, 0.1) is 16.0 Å². The van der Waals surface area contributed by atoms with Gasteiger partial charge >= 0.3 is 0 Å². The average Bonchev–Trinajstić information content (AvgIpc) is 2.35. The molecule has 0 radical (unpaired) electrons. The molecule has 0 saturated carbocycles. The van der Waals surface area contributed by atoms with Gasteiger partial charge in [0.1, 0.15) is 0 Å². The lowest BCUT2D eigenvalue weighted by atomic mass is 10.2. The zero-order valence-electron chi connectivity index (χ0n) is 10.0. The fourth-order valence-corrected chi connectivity index (χ4v) is 2.47. The minimum Gasteiger partial charge on any atom is -0.392 e. The maximum Gasteiger partial charge on any atom is 0.269 e. The molecule has 1 rings (SSSR count). The molecule has 0 aliphatic heterocycles.